The molecule has 0 fully saturated rings. The second-order valence-corrected chi connectivity index (χ2v) is 11.4. The van der Waals surface area contributed by atoms with Gasteiger partial charge in [-0.2, -0.15) is 0 Å². The Morgan fingerprint density at radius 1 is 0.587 bits per heavy atom. The molecule has 0 aliphatic heterocycles. The number of aliphatic carboxylic acids is 2. The number of carboxylic acids is 2. The first-order valence-corrected chi connectivity index (χ1v) is 17.0. The molecule has 46 heavy (non-hydrogen) atoms. The van der Waals surface area contributed by atoms with Crippen LogP contribution in [-0.4, -0.2) is 106 Å². The van der Waals surface area contributed by atoms with E-state index in [2.05, 4.69) is 5.32 Å². The van der Waals surface area contributed by atoms with Crippen LogP contribution in [0, 0.1) is 5.92 Å². The van der Waals surface area contributed by atoms with Crippen LogP contribution in [0.15, 0.2) is 0 Å². The summed E-state index contributed by atoms with van der Waals surface area (Å²) in [5.41, 5.74) is 5.48. The molecule has 13 nitrogen and oxygen atoms in total. The van der Waals surface area contributed by atoms with Crippen LogP contribution in [0.25, 0.3) is 0 Å². The highest BCUT2D eigenvalue weighted by Crippen LogP contribution is 2.14. The molecule has 0 aliphatic carbocycles. The maximum atomic E-state index is 12.1. The summed E-state index contributed by atoms with van der Waals surface area (Å²) in [6.45, 7) is 3.13. The van der Waals surface area contributed by atoms with Crippen LogP contribution in [0.1, 0.15) is 109 Å². The Labute approximate surface area is 274 Å². The maximum Gasteiger partial charge on any atom is 0.321 e. The van der Waals surface area contributed by atoms with E-state index in [1.807, 2.05) is 0 Å². The Balaban J connectivity index is 3.36. The number of hydrogen-bond acceptors (Lipinski definition) is 10. The number of aldehydes is 1. The summed E-state index contributed by atoms with van der Waals surface area (Å²) in [5, 5.41) is 20.4. The summed E-state index contributed by atoms with van der Waals surface area (Å²) < 4.78 is 21.6. The topological polar surface area (TPSA) is 201 Å². The fraction of sp³-hybridized carbons (Fsp3) is 0.848. The Bertz CT molecular complexity index is 798. The van der Waals surface area contributed by atoms with Crippen molar-refractivity contribution < 1.29 is 53.1 Å². The largest absolute Gasteiger partial charge is 0.481 e. The van der Waals surface area contributed by atoms with Gasteiger partial charge in [-0.05, 0) is 12.8 Å². The molecule has 0 heterocycles. The van der Waals surface area contributed by atoms with Gasteiger partial charge in [0.15, 0.2) is 0 Å². The molecule has 0 aromatic rings. The van der Waals surface area contributed by atoms with E-state index in [4.69, 9.17) is 34.9 Å². The van der Waals surface area contributed by atoms with Crippen LogP contribution in [-0.2, 0) is 42.9 Å². The van der Waals surface area contributed by atoms with Crippen molar-refractivity contribution in [3.05, 3.63) is 0 Å². The lowest BCUT2D eigenvalue weighted by Gasteiger charge is -2.17. The average Bonchev–Trinajstić information content (AvgIpc) is 3.02. The second-order valence-electron chi connectivity index (χ2n) is 11.4. The lowest BCUT2D eigenvalue weighted by molar-refractivity contribution is -0.143. The highest BCUT2D eigenvalue weighted by molar-refractivity contribution is 5.89. The molecule has 0 saturated carbocycles. The monoisotopic (exact) mass is 660 g/mol. The smallest absolute Gasteiger partial charge is 0.321 e. The predicted octanol–water partition coefficient (Wildman–Crippen LogP) is 3.68. The number of nitrogens with one attached hydrogen (secondary N) is 1. The lowest BCUT2D eigenvalue weighted by atomic mass is 9.91. The van der Waals surface area contributed by atoms with Gasteiger partial charge in [0.1, 0.15) is 18.1 Å². The van der Waals surface area contributed by atoms with E-state index in [0.29, 0.717) is 65.3 Å². The standard InChI is InChI=1S/C33H60N2O11/c34-32(33(41)42)28(16-19-36)29(37)17-20-43-22-24-45-26-27-46-25-23-44-21-18-35-30(38)14-12-10-8-6-4-2-1-3-5-7-9-11-13-15-31(39)40/h19,28,32H,1-18,20-27,34H2,(H,35,38)(H,39,40)(H,41,42)/t28?,32-/m0/s1. The van der Waals surface area contributed by atoms with Crippen molar-refractivity contribution in [2.24, 2.45) is 11.7 Å². The molecule has 0 saturated heterocycles. The number of carboxylic acid groups (broad SMARTS) is 2. The number of rotatable bonds is 36. The maximum absolute atomic E-state index is 12.1. The zero-order valence-electron chi connectivity index (χ0n) is 27.8. The van der Waals surface area contributed by atoms with E-state index >= 15 is 0 Å². The molecule has 2 atom stereocenters. The number of carbonyl (C=O) groups is 5. The normalized spacial score (nSPS) is 12.5. The van der Waals surface area contributed by atoms with Gasteiger partial charge in [-0.25, -0.2) is 0 Å². The molecular formula is C33H60N2O11. The van der Waals surface area contributed by atoms with E-state index in [9.17, 15) is 24.0 Å². The molecule has 0 spiro atoms. The Morgan fingerprint density at radius 2 is 1.00 bits per heavy atom. The van der Waals surface area contributed by atoms with E-state index in [0.717, 1.165) is 32.1 Å². The number of amides is 1. The molecule has 5 N–H and O–H groups in total. The molecule has 0 aromatic heterocycles. The van der Waals surface area contributed by atoms with Crippen molar-refractivity contribution in [3.63, 3.8) is 0 Å². The van der Waals surface area contributed by atoms with Gasteiger partial charge >= 0.3 is 11.9 Å². The van der Waals surface area contributed by atoms with Crippen LogP contribution in [0.4, 0.5) is 0 Å². The minimum Gasteiger partial charge on any atom is -0.481 e. The molecule has 0 bridgehead atoms. The van der Waals surface area contributed by atoms with Gasteiger partial charge < -0.3 is 45.0 Å². The fourth-order valence-electron chi connectivity index (χ4n) is 4.73. The molecule has 0 radical (unpaired) electrons. The molecule has 0 aliphatic rings. The highest BCUT2D eigenvalue weighted by Gasteiger charge is 2.29. The highest BCUT2D eigenvalue weighted by atomic mass is 16.6. The predicted molar refractivity (Wildman–Crippen MR) is 173 cm³/mol. The summed E-state index contributed by atoms with van der Waals surface area (Å²) in [4.78, 5) is 56.2. The molecular weight excluding hydrogens is 600 g/mol. The van der Waals surface area contributed by atoms with Crippen molar-refractivity contribution in [3.8, 4) is 0 Å². The molecule has 0 rings (SSSR count). The second kappa shape index (κ2) is 32.5. The minimum absolute atomic E-state index is 0.0309. The van der Waals surface area contributed by atoms with Gasteiger partial charge in [-0.3, -0.25) is 19.2 Å². The summed E-state index contributed by atoms with van der Waals surface area (Å²) in [5.74, 6) is -3.44. The van der Waals surface area contributed by atoms with Gasteiger partial charge in [-0.15, -0.1) is 0 Å². The minimum atomic E-state index is -1.41. The lowest BCUT2D eigenvalue weighted by Crippen LogP contribution is -2.42. The van der Waals surface area contributed by atoms with Crippen molar-refractivity contribution in [2.45, 2.75) is 115 Å². The number of carbonyl (C=O) groups excluding carboxylic acids is 3. The Hall–Kier alpha value is -2.45. The van der Waals surface area contributed by atoms with E-state index < -0.39 is 29.7 Å². The number of ketones is 1. The molecule has 1 amide bonds. The molecule has 268 valence electrons. The number of hydrogen-bond donors (Lipinski definition) is 4. The van der Waals surface area contributed by atoms with E-state index in [-0.39, 0.29) is 32.0 Å². The molecule has 1 unspecified atom stereocenters. The Morgan fingerprint density at radius 3 is 1.43 bits per heavy atom. The average molecular weight is 661 g/mol. The third-order valence-electron chi connectivity index (χ3n) is 7.45. The van der Waals surface area contributed by atoms with Crippen LogP contribution >= 0.6 is 0 Å². The van der Waals surface area contributed by atoms with Gasteiger partial charge in [-0.1, -0.05) is 70.6 Å². The fourth-order valence-corrected chi connectivity index (χ4v) is 4.73. The number of nitrogens with two attached hydrogens (primary N) is 1. The zero-order valence-corrected chi connectivity index (χ0v) is 27.8. The third-order valence-corrected chi connectivity index (χ3v) is 7.45. The van der Waals surface area contributed by atoms with Crippen molar-refractivity contribution in [1.82, 2.24) is 5.32 Å². The quantitative estimate of drug-likeness (QED) is 0.0562. The van der Waals surface area contributed by atoms with Gasteiger partial charge in [0.05, 0.1) is 58.8 Å². The zero-order chi connectivity index (χ0) is 34.1. The summed E-state index contributed by atoms with van der Waals surface area (Å²) in [6.07, 6.45) is 15.9. The van der Waals surface area contributed by atoms with Gasteiger partial charge in [0.25, 0.3) is 0 Å². The summed E-state index contributed by atoms with van der Waals surface area (Å²) in [6, 6.07) is -1.41. The van der Waals surface area contributed by atoms with Crippen LogP contribution in [0.5, 0.6) is 0 Å². The number of ether oxygens (including phenoxy) is 4. The number of Topliss-reactive ketones (excluding diaryl/α,β-unsaturated/α-hetero) is 1. The molecule has 0 aromatic carbocycles. The van der Waals surface area contributed by atoms with Crippen molar-refractivity contribution >= 4 is 29.9 Å². The van der Waals surface area contributed by atoms with E-state index in [1.165, 1.54) is 51.4 Å². The number of unbranched alkanes of at least 4 members (excludes halogenated alkanes) is 12. The summed E-state index contributed by atoms with van der Waals surface area (Å²) in [7, 11) is 0. The first kappa shape index (κ1) is 43.5. The first-order valence-electron chi connectivity index (χ1n) is 17.0. The SMILES string of the molecule is N[C@H](C(=O)O)C(CC=O)C(=O)CCOCCOCCOCCOCCNC(=O)CCCCCCCCCCCCCCCC(=O)O. The summed E-state index contributed by atoms with van der Waals surface area (Å²) >= 11 is 0. The van der Waals surface area contributed by atoms with Crippen molar-refractivity contribution in [1.29, 1.82) is 0 Å². The van der Waals surface area contributed by atoms with Crippen LogP contribution < -0.4 is 11.1 Å². The third kappa shape index (κ3) is 29.0. The molecule has 13 heteroatoms. The van der Waals surface area contributed by atoms with Crippen molar-refractivity contribution in [2.75, 3.05) is 59.4 Å². The van der Waals surface area contributed by atoms with Gasteiger partial charge in [0, 0.05) is 32.2 Å². The van der Waals surface area contributed by atoms with Gasteiger partial charge in [0.2, 0.25) is 5.91 Å². The first-order chi connectivity index (χ1) is 22.3. The van der Waals surface area contributed by atoms with E-state index in [1.54, 1.807) is 0 Å². The Kier molecular flexibility index (Phi) is 30.8. The van der Waals surface area contributed by atoms with Crippen LogP contribution in [0.2, 0.25) is 0 Å². The van der Waals surface area contributed by atoms with Crippen LogP contribution in [0.3, 0.4) is 0 Å².